The molecule has 0 heterocycles. The van der Waals surface area contributed by atoms with E-state index in [1.807, 2.05) is 0 Å². The van der Waals surface area contributed by atoms with Gasteiger partial charge in [0, 0.05) is 32.4 Å². The Morgan fingerprint density at radius 3 is 2.34 bits per heavy atom. The largest absolute Gasteiger partial charge is 0.354 e. The van der Waals surface area contributed by atoms with Crippen molar-refractivity contribution in [2.24, 2.45) is 52.3 Å². The number of hydrogen-bond acceptors (Lipinski definition) is 3. The summed E-state index contributed by atoms with van der Waals surface area (Å²) in [6, 6.07) is 0. The molecule has 0 saturated heterocycles. The third kappa shape index (κ3) is 7.47. The predicted molar refractivity (Wildman–Crippen MR) is 167 cm³/mol. The van der Waals surface area contributed by atoms with Crippen molar-refractivity contribution in [1.82, 2.24) is 10.6 Å². The molecule has 5 nitrogen and oxygen atoms in total. The molecular formula is C36H60N2O3. The molecule has 3 fully saturated rings. The zero-order valence-electron chi connectivity index (χ0n) is 27.2. The molecule has 41 heavy (non-hydrogen) atoms. The van der Waals surface area contributed by atoms with Crippen LogP contribution in [0.1, 0.15) is 131 Å². The lowest BCUT2D eigenvalue weighted by Crippen LogP contribution is -2.50. The van der Waals surface area contributed by atoms with Gasteiger partial charge in [0.2, 0.25) is 11.8 Å². The Bertz CT molecular complexity index is 972. The lowest BCUT2D eigenvalue weighted by molar-refractivity contribution is -0.125. The number of ketones is 1. The molecule has 7 unspecified atom stereocenters. The summed E-state index contributed by atoms with van der Waals surface area (Å²) in [5, 5.41) is 5.79. The van der Waals surface area contributed by atoms with Gasteiger partial charge in [0.1, 0.15) is 5.78 Å². The van der Waals surface area contributed by atoms with Crippen molar-refractivity contribution in [3.63, 3.8) is 0 Å². The van der Waals surface area contributed by atoms with E-state index < -0.39 is 0 Å². The molecule has 5 heteroatoms. The Balaban J connectivity index is 1.27. The molecule has 0 aromatic heterocycles. The maximum atomic E-state index is 12.7. The van der Waals surface area contributed by atoms with Gasteiger partial charge in [0.05, 0.1) is 0 Å². The molecular weight excluding hydrogens is 508 g/mol. The van der Waals surface area contributed by atoms with Crippen LogP contribution in [0.4, 0.5) is 0 Å². The number of amides is 2. The number of carbonyl (C=O) groups excluding carboxylic acids is 3. The van der Waals surface area contributed by atoms with Crippen molar-refractivity contribution in [1.29, 1.82) is 0 Å². The highest BCUT2D eigenvalue weighted by Crippen LogP contribution is 2.67. The van der Waals surface area contributed by atoms with Crippen molar-refractivity contribution in [2.45, 2.75) is 131 Å². The number of carbonyl (C=O) groups is 3. The maximum Gasteiger partial charge on any atom is 0.220 e. The molecule has 2 N–H and O–H groups in total. The van der Waals surface area contributed by atoms with Crippen LogP contribution in [-0.2, 0) is 14.4 Å². The molecule has 0 aliphatic heterocycles. The lowest BCUT2D eigenvalue weighted by atomic mass is 9.46. The fourth-order valence-electron chi connectivity index (χ4n) is 10.1. The van der Waals surface area contributed by atoms with E-state index in [0.29, 0.717) is 36.3 Å². The molecule has 4 aliphatic rings. The average Bonchev–Trinajstić information content (AvgIpc) is 3.27. The zero-order chi connectivity index (χ0) is 29.8. The maximum absolute atomic E-state index is 12.7. The summed E-state index contributed by atoms with van der Waals surface area (Å²) in [7, 11) is 0. The second-order valence-corrected chi connectivity index (χ2v) is 15.5. The van der Waals surface area contributed by atoms with Gasteiger partial charge in [-0.15, -0.1) is 0 Å². The zero-order valence-corrected chi connectivity index (χ0v) is 27.2. The Kier molecular flexibility index (Phi) is 10.8. The van der Waals surface area contributed by atoms with Crippen LogP contribution in [0.15, 0.2) is 11.6 Å². The quantitative estimate of drug-likeness (QED) is 0.177. The first-order chi connectivity index (χ1) is 19.4. The van der Waals surface area contributed by atoms with E-state index in [9.17, 15) is 14.4 Å². The molecule has 0 spiro atoms. The highest BCUT2D eigenvalue weighted by Gasteiger charge is 2.59. The molecule has 0 aromatic carbocycles. The van der Waals surface area contributed by atoms with Crippen LogP contribution in [0.5, 0.6) is 0 Å². The first kappa shape index (κ1) is 32.3. The van der Waals surface area contributed by atoms with Crippen molar-refractivity contribution >= 4 is 17.6 Å². The minimum absolute atomic E-state index is 0.0207. The van der Waals surface area contributed by atoms with Gasteiger partial charge in [0.25, 0.3) is 0 Å². The second-order valence-electron chi connectivity index (χ2n) is 15.5. The summed E-state index contributed by atoms with van der Waals surface area (Å²) in [5.74, 6) is 5.55. The second kappa shape index (κ2) is 13.8. The first-order valence-corrected chi connectivity index (χ1v) is 17.2. The molecule has 4 aliphatic carbocycles. The number of rotatable bonds is 13. The minimum Gasteiger partial charge on any atom is -0.354 e. The van der Waals surface area contributed by atoms with Crippen LogP contribution in [0.2, 0.25) is 0 Å². The Morgan fingerprint density at radius 2 is 1.63 bits per heavy atom. The summed E-state index contributed by atoms with van der Waals surface area (Å²) >= 11 is 0. The Hall–Kier alpha value is -1.65. The van der Waals surface area contributed by atoms with Crippen LogP contribution in [-0.4, -0.2) is 30.7 Å². The van der Waals surface area contributed by atoms with E-state index >= 15 is 0 Å². The van der Waals surface area contributed by atoms with Gasteiger partial charge in [-0.1, -0.05) is 65.5 Å². The predicted octanol–water partition coefficient (Wildman–Crippen LogP) is 7.64. The minimum atomic E-state index is -0.129. The summed E-state index contributed by atoms with van der Waals surface area (Å²) < 4.78 is 0. The van der Waals surface area contributed by atoms with Gasteiger partial charge in [0.15, 0.2) is 0 Å². The Morgan fingerprint density at radius 1 is 0.902 bits per heavy atom. The van der Waals surface area contributed by atoms with Gasteiger partial charge in [-0.25, -0.2) is 0 Å². The number of allylic oxidation sites excluding steroid dienone is 2. The molecule has 0 radical (unpaired) electrons. The van der Waals surface area contributed by atoms with Crippen molar-refractivity contribution in [2.75, 3.05) is 13.1 Å². The number of hydrogen-bond donors (Lipinski definition) is 2. The number of Topliss-reactive ketones (excluding diaryl/α,β-unsaturated/α-hetero) is 1. The topological polar surface area (TPSA) is 75.3 Å². The van der Waals surface area contributed by atoms with E-state index in [2.05, 4.69) is 51.3 Å². The van der Waals surface area contributed by atoms with Crippen LogP contribution in [0.25, 0.3) is 0 Å². The fourth-order valence-corrected chi connectivity index (χ4v) is 10.1. The van der Waals surface area contributed by atoms with Crippen LogP contribution < -0.4 is 10.6 Å². The highest BCUT2D eigenvalue weighted by atomic mass is 16.2. The van der Waals surface area contributed by atoms with Gasteiger partial charge in [-0.3, -0.25) is 9.59 Å². The Labute approximate surface area is 250 Å². The summed E-state index contributed by atoms with van der Waals surface area (Å²) in [6.07, 6.45) is 18.3. The lowest BCUT2D eigenvalue weighted by Gasteiger charge is -2.58. The van der Waals surface area contributed by atoms with E-state index in [0.717, 1.165) is 48.3 Å². The van der Waals surface area contributed by atoms with Crippen LogP contribution in [0.3, 0.4) is 0 Å². The molecule has 232 valence electrons. The highest BCUT2D eigenvalue weighted by molar-refractivity contribution is 5.83. The summed E-state index contributed by atoms with van der Waals surface area (Å²) in [4.78, 5) is 35.5. The van der Waals surface area contributed by atoms with Gasteiger partial charge in [-0.05, 0) is 111 Å². The van der Waals surface area contributed by atoms with Crippen molar-refractivity contribution < 1.29 is 14.4 Å². The molecule has 4 rings (SSSR count). The van der Waals surface area contributed by atoms with Gasteiger partial charge >= 0.3 is 0 Å². The molecule has 0 bridgehead atoms. The number of nitrogens with one attached hydrogen (secondary N) is 2. The molecule has 3 saturated carbocycles. The summed E-state index contributed by atoms with van der Waals surface area (Å²) in [5.41, 5.74) is 2.51. The van der Waals surface area contributed by atoms with Crippen molar-refractivity contribution in [3.05, 3.63) is 11.6 Å². The van der Waals surface area contributed by atoms with Crippen molar-refractivity contribution in [3.8, 4) is 0 Å². The van der Waals surface area contributed by atoms with Crippen LogP contribution >= 0.6 is 0 Å². The van der Waals surface area contributed by atoms with Crippen LogP contribution in [0, 0.1) is 52.3 Å². The number of fused-ring (bicyclic) bond motifs is 5. The molecule has 0 aromatic rings. The van der Waals surface area contributed by atoms with E-state index in [1.165, 1.54) is 64.7 Å². The monoisotopic (exact) mass is 568 g/mol. The first-order valence-electron chi connectivity index (χ1n) is 17.2. The summed E-state index contributed by atoms with van der Waals surface area (Å²) in [6.45, 7) is 14.9. The van der Waals surface area contributed by atoms with Gasteiger partial charge < -0.3 is 15.4 Å². The van der Waals surface area contributed by atoms with Gasteiger partial charge in [-0.2, -0.15) is 0 Å². The normalized spacial score (nSPS) is 35.1. The van der Waals surface area contributed by atoms with E-state index in [-0.39, 0.29) is 30.4 Å². The average molecular weight is 569 g/mol. The standard InChI is InChI=1S/C36H60N2O3/c1-24(2)8-7-9-25(3)30-13-14-31-29-12-11-28-22-27(16-18-35(28,5)32(29)17-19-36(30,31)6)23-34(41)38-21-20-37-33(40)15-10-26(4)39/h11,24-25,27,29-32H,7-10,12-23H2,1-6H3,(H,37,40)(H,38,41)/t25-,27?,29?,30?,31?,32?,35?,36?/m1/s1. The third-order valence-electron chi connectivity index (χ3n) is 12.4. The fraction of sp³-hybridized carbons (Fsp3) is 0.861. The smallest absolute Gasteiger partial charge is 0.220 e. The van der Waals surface area contributed by atoms with E-state index in [1.54, 1.807) is 5.57 Å². The molecule has 2 amide bonds. The molecule has 8 atom stereocenters. The van der Waals surface area contributed by atoms with E-state index in [4.69, 9.17) is 0 Å². The third-order valence-corrected chi connectivity index (χ3v) is 12.4. The SMILES string of the molecule is CC(=O)CCC(=O)NCCNC(=O)CC1CCC2(C)C(=CCC3C2CCC2(C)C3CCC2[C@H](C)CCCC(C)C)C1.